The molecule has 0 aliphatic heterocycles. The fourth-order valence-corrected chi connectivity index (χ4v) is 1.32. The van der Waals surface area contributed by atoms with Crippen LogP contribution in [0.1, 0.15) is 5.56 Å². The molecule has 1 aromatic carbocycles. The maximum atomic E-state index is 10.3. The van der Waals surface area contributed by atoms with E-state index in [0.29, 0.717) is 0 Å². The Morgan fingerprint density at radius 3 is 2.31 bits per heavy atom. The molecule has 0 aliphatic carbocycles. The maximum absolute atomic E-state index is 10.3. The summed E-state index contributed by atoms with van der Waals surface area (Å²) in [5.74, 6) is 0.791. The number of rotatable bonds is 3. The first-order valence-corrected chi connectivity index (χ1v) is 4.65. The van der Waals surface area contributed by atoms with Crippen molar-refractivity contribution in [3.8, 4) is 5.75 Å². The Kier molecular flexibility index (Phi) is 6.63. The predicted octanol–water partition coefficient (Wildman–Crippen LogP) is -1.92. The normalized spacial score (nSPS) is 11.5. The Bertz CT molecular complexity index is 273. The van der Waals surface area contributed by atoms with Crippen LogP contribution in [0.5, 0.6) is 5.75 Å². The summed E-state index contributed by atoms with van der Waals surface area (Å²) in [6.07, 6.45) is 0. The summed E-state index contributed by atoms with van der Waals surface area (Å²) in [6.45, 7) is 0. The third-order valence-corrected chi connectivity index (χ3v) is 2.01. The van der Waals surface area contributed by atoms with E-state index in [2.05, 4.69) is 0 Å². The summed E-state index contributed by atoms with van der Waals surface area (Å²) in [6, 6.07) is 6.94. The van der Waals surface area contributed by atoms with E-state index in [9.17, 15) is 8.76 Å². The molecule has 0 aliphatic rings. The molecule has 0 saturated heterocycles. The van der Waals surface area contributed by atoms with Crippen molar-refractivity contribution in [1.29, 1.82) is 0 Å². The molecular weight excluding hydrogens is 199 g/mol. The summed E-state index contributed by atoms with van der Waals surface area (Å²) in [7, 11) is 1.57. The molecule has 1 aromatic rings. The molecule has 66 valence electrons. The molecule has 0 bridgehead atoms. The maximum Gasteiger partial charge on any atom is 1.00 e. The first-order valence-electron chi connectivity index (χ1n) is 3.41. The van der Waals surface area contributed by atoms with Crippen molar-refractivity contribution in [2.45, 2.75) is 5.75 Å². The van der Waals surface area contributed by atoms with Crippen molar-refractivity contribution < 1.29 is 43.1 Å². The first kappa shape index (κ1) is 13.1. The van der Waals surface area contributed by atoms with Crippen LogP contribution in [0, 0.1) is 0 Å². The van der Waals surface area contributed by atoms with Crippen molar-refractivity contribution >= 4 is 11.1 Å². The average molecular weight is 208 g/mol. The van der Waals surface area contributed by atoms with E-state index >= 15 is 0 Å². The smallest absolute Gasteiger partial charge is 0.772 e. The second kappa shape index (κ2) is 6.56. The van der Waals surface area contributed by atoms with E-state index in [0.717, 1.165) is 11.3 Å². The van der Waals surface area contributed by atoms with Gasteiger partial charge in [0.2, 0.25) is 0 Å². The Balaban J connectivity index is 0.00000144. The monoisotopic (exact) mass is 208 g/mol. The van der Waals surface area contributed by atoms with Gasteiger partial charge in [0.25, 0.3) is 0 Å². The van der Waals surface area contributed by atoms with E-state index in [1.807, 2.05) is 0 Å². The largest absolute Gasteiger partial charge is 1.00 e. The van der Waals surface area contributed by atoms with Gasteiger partial charge in [-0.25, -0.2) is 0 Å². The van der Waals surface area contributed by atoms with Crippen molar-refractivity contribution in [2.75, 3.05) is 7.11 Å². The quantitative estimate of drug-likeness (QED) is 0.430. The van der Waals surface area contributed by atoms with Gasteiger partial charge in [0.1, 0.15) is 5.75 Å². The summed E-state index contributed by atoms with van der Waals surface area (Å²) >= 11 is -2.02. The molecule has 5 heteroatoms. The van der Waals surface area contributed by atoms with Crippen molar-refractivity contribution in [1.82, 2.24) is 0 Å². The van der Waals surface area contributed by atoms with Gasteiger partial charge in [-0.1, -0.05) is 23.2 Å². The van der Waals surface area contributed by atoms with Gasteiger partial charge in [0.05, 0.1) is 7.11 Å². The molecule has 0 saturated carbocycles. The van der Waals surface area contributed by atoms with Gasteiger partial charge >= 0.3 is 29.6 Å². The van der Waals surface area contributed by atoms with Crippen LogP contribution in [0.15, 0.2) is 24.3 Å². The third kappa shape index (κ3) is 4.78. The van der Waals surface area contributed by atoms with Gasteiger partial charge in [-0.15, -0.1) is 0 Å². The second-order valence-corrected chi connectivity index (χ2v) is 3.19. The zero-order valence-electron chi connectivity index (χ0n) is 7.65. The van der Waals surface area contributed by atoms with Crippen molar-refractivity contribution in [3.05, 3.63) is 29.8 Å². The van der Waals surface area contributed by atoms with Gasteiger partial charge in [-0.05, 0) is 17.7 Å². The fraction of sp³-hybridized carbons (Fsp3) is 0.250. The molecule has 1 unspecified atom stereocenters. The number of methoxy groups -OCH3 is 1. The predicted molar refractivity (Wildman–Crippen MR) is 45.6 cm³/mol. The summed E-state index contributed by atoms with van der Waals surface area (Å²) in [4.78, 5) is 0. The van der Waals surface area contributed by atoms with Crippen LogP contribution < -0.4 is 34.3 Å². The molecule has 1 rings (SSSR count). The number of ether oxygens (including phenoxy) is 1. The molecule has 0 fully saturated rings. The molecule has 0 heterocycles. The molecule has 13 heavy (non-hydrogen) atoms. The van der Waals surface area contributed by atoms with Crippen LogP contribution in [0.3, 0.4) is 0 Å². The Labute approximate surface area is 102 Å². The minimum atomic E-state index is -2.02. The van der Waals surface area contributed by atoms with Gasteiger partial charge < -0.3 is 9.29 Å². The van der Waals surface area contributed by atoms with E-state index in [1.165, 1.54) is 0 Å². The fourth-order valence-electron chi connectivity index (χ4n) is 0.858. The molecular formula is C8H9NaO3S. The number of hydrogen-bond donors (Lipinski definition) is 0. The molecule has 0 amide bonds. The SMILES string of the molecule is COc1ccc(CS(=O)[O-])cc1.[Na+]. The van der Waals surface area contributed by atoms with E-state index < -0.39 is 11.1 Å². The molecule has 0 spiro atoms. The van der Waals surface area contributed by atoms with Crippen LogP contribution in [-0.4, -0.2) is 15.9 Å². The zero-order chi connectivity index (χ0) is 8.97. The summed E-state index contributed by atoms with van der Waals surface area (Å²) < 4.78 is 25.5. The van der Waals surface area contributed by atoms with Crippen LogP contribution in [0.4, 0.5) is 0 Å². The van der Waals surface area contributed by atoms with Gasteiger partial charge in [0, 0.05) is 5.75 Å². The Morgan fingerprint density at radius 1 is 1.38 bits per heavy atom. The van der Waals surface area contributed by atoms with Crippen LogP contribution >= 0.6 is 0 Å². The minimum absolute atomic E-state index is 0. The van der Waals surface area contributed by atoms with Gasteiger partial charge in [-0.2, -0.15) is 0 Å². The topological polar surface area (TPSA) is 49.4 Å². The van der Waals surface area contributed by atoms with Gasteiger partial charge in [-0.3, -0.25) is 4.21 Å². The molecule has 0 aromatic heterocycles. The standard InChI is InChI=1S/C8H10O3S.Na/c1-11-8-4-2-7(3-5-8)6-12(9)10;/h2-5H,6H2,1H3,(H,9,10);/q;+1/p-1. The Morgan fingerprint density at radius 2 is 1.92 bits per heavy atom. The molecule has 0 radical (unpaired) electrons. The molecule has 1 atom stereocenters. The average Bonchev–Trinajstić information content (AvgIpc) is 2.05. The number of hydrogen-bond acceptors (Lipinski definition) is 3. The number of benzene rings is 1. The van der Waals surface area contributed by atoms with E-state index in [-0.39, 0.29) is 35.3 Å². The minimum Gasteiger partial charge on any atom is -0.772 e. The van der Waals surface area contributed by atoms with Crippen molar-refractivity contribution in [2.24, 2.45) is 0 Å². The molecule has 0 N–H and O–H groups in total. The zero-order valence-corrected chi connectivity index (χ0v) is 10.5. The summed E-state index contributed by atoms with van der Waals surface area (Å²) in [5.41, 5.74) is 0.768. The second-order valence-electron chi connectivity index (χ2n) is 2.30. The molecule has 3 nitrogen and oxygen atoms in total. The van der Waals surface area contributed by atoms with E-state index in [4.69, 9.17) is 4.74 Å². The third-order valence-electron chi connectivity index (χ3n) is 1.44. The Hall–Kier alpha value is 0.130. The first-order chi connectivity index (χ1) is 5.72. The van der Waals surface area contributed by atoms with E-state index in [1.54, 1.807) is 31.4 Å². The van der Waals surface area contributed by atoms with Crippen molar-refractivity contribution in [3.63, 3.8) is 0 Å². The van der Waals surface area contributed by atoms with Crippen LogP contribution in [-0.2, 0) is 16.8 Å². The van der Waals surface area contributed by atoms with Gasteiger partial charge in [0.15, 0.2) is 0 Å². The van der Waals surface area contributed by atoms with Crippen LogP contribution in [0.25, 0.3) is 0 Å². The van der Waals surface area contributed by atoms with Crippen LogP contribution in [0.2, 0.25) is 0 Å². The summed E-state index contributed by atoms with van der Waals surface area (Å²) in [5, 5.41) is 0.